The molecule has 7 heteroatoms. The molecule has 2 heterocycles. The van der Waals surface area contributed by atoms with Gasteiger partial charge in [-0.1, -0.05) is 35.5 Å². The van der Waals surface area contributed by atoms with Crippen LogP contribution in [0, 0.1) is 0 Å². The Hall–Kier alpha value is -2.15. The van der Waals surface area contributed by atoms with Crippen LogP contribution in [0.3, 0.4) is 0 Å². The van der Waals surface area contributed by atoms with Crippen molar-refractivity contribution in [2.45, 2.75) is 18.6 Å². The first-order valence-corrected chi connectivity index (χ1v) is 8.74. The van der Waals surface area contributed by atoms with Crippen molar-refractivity contribution >= 4 is 22.6 Å². The summed E-state index contributed by atoms with van der Waals surface area (Å²) < 4.78 is 16.8. The average Bonchev–Trinajstić information content (AvgIpc) is 2.99. The summed E-state index contributed by atoms with van der Waals surface area (Å²) in [6.45, 7) is 4.75. The van der Waals surface area contributed by atoms with Crippen molar-refractivity contribution < 1.29 is 13.5 Å². The quantitative estimate of drug-likeness (QED) is 0.917. The molecule has 3 rings (SSSR count). The second kappa shape index (κ2) is 6.16. The maximum atomic E-state index is 12.3. The fourth-order valence-electron chi connectivity index (χ4n) is 2.51. The lowest BCUT2D eigenvalue weighted by Gasteiger charge is -2.36. The molecule has 1 aliphatic rings. The summed E-state index contributed by atoms with van der Waals surface area (Å²) in [7, 11) is -0.911. The predicted molar refractivity (Wildman–Crippen MR) is 89.6 cm³/mol. The van der Waals surface area contributed by atoms with Gasteiger partial charge in [0.2, 0.25) is 0 Å². The molecule has 1 fully saturated rings. The molecule has 2 amide bonds. The number of nitrogens with zero attached hydrogens (tertiary/aromatic N) is 2. The number of carbonyl (C=O) groups excluding carboxylic acids is 1. The van der Waals surface area contributed by atoms with Crippen LogP contribution in [-0.4, -0.2) is 43.9 Å². The minimum absolute atomic E-state index is 0.248. The van der Waals surface area contributed by atoms with Gasteiger partial charge in [0.1, 0.15) is 0 Å². The number of anilines is 1. The van der Waals surface area contributed by atoms with E-state index in [-0.39, 0.29) is 6.03 Å². The van der Waals surface area contributed by atoms with Crippen LogP contribution in [0.1, 0.15) is 13.8 Å². The second-order valence-corrected chi connectivity index (χ2v) is 8.31. The van der Waals surface area contributed by atoms with Crippen molar-refractivity contribution in [1.82, 2.24) is 10.1 Å². The molecule has 1 N–H and O–H groups in total. The number of urea groups is 1. The van der Waals surface area contributed by atoms with E-state index in [1.54, 1.807) is 11.0 Å². The Labute approximate surface area is 137 Å². The molecule has 1 atom stereocenters. The van der Waals surface area contributed by atoms with Gasteiger partial charge in [0, 0.05) is 41.3 Å². The Morgan fingerprint density at radius 2 is 2.09 bits per heavy atom. The molecular weight excluding hydrogens is 314 g/mol. The van der Waals surface area contributed by atoms with Gasteiger partial charge in [-0.05, 0) is 13.8 Å². The zero-order valence-corrected chi connectivity index (χ0v) is 13.9. The first-order valence-electron chi connectivity index (χ1n) is 7.42. The van der Waals surface area contributed by atoms with Crippen molar-refractivity contribution in [3.8, 4) is 11.3 Å². The number of hydrogen-bond donors (Lipinski definition) is 1. The van der Waals surface area contributed by atoms with Crippen LogP contribution in [0.4, 0.5) is 10.6 Å². The molecule has 6 nitrogen and oxygen atoms in total. The van der Waals surface area contributed by atoms with E-state index in [4.69, 9.17) is 4.52 Å². The molecule has 0 spiro atoms. The average molecular weight is 333 g/mol. The lowest BCUT2D eigenvalue weighted by molar-refractivity contribution is 0.207. The zero-order chi connectivity index (χ0) is 16.4. The van der Waals surface area contributed by atoms with Gasteiger partial charge in [0.25, 0.3) is 0 Å². The number of carbonyl (C=O) groups is 1. The van der Waals surface area contributed by atoms with Crippen molar-refractivity contribution in [3.63, 3.8) is 0 Å². The molecule has 1 aromatic heterocycles. The molecule has 0 aliphatic carbocycles. The Morgan fingerprint density at radius 1 is 1.35 bits per heavy atom. The van der Waals surface area contributed by atoms with E-state index in [2.05, 4.69) is 10.5 Å². The summed E-state index contributed by atoms with van der Waals surface area (Å²) in [5.41, 5.74) is 0.898. The van der Waals surface area contributed by atoms with Crippen LogP contribution in [-0.2, 0) is 10.8 Å². The molecule has 1 aromatic carbocycles. The number of aromatic nitrogens is 1. The van der Waals surface area contributed by atoms with Crippen molar-refractivity contribution in [3.05, 3.63) is 36.4 Å². The predicted octanol–water partition coefficient (Wildman–Crippen LogP) is 2.72. The lowest BCUT2D eigenvalue weighted by Crippen LogP contribution is -2.53. The molecule has 1 aliphatic heterocycles. The van der Waals surface area contributed by atoms with Crippen molar-refractivity contribution in [1.29, 1.82) is 0 Å². The second-order valence-electron chi connectivity index (χ2n) is 6.10. The Kier molecular flexibility index (Phi) is 4.21. The molecule has 2 aromatic rings. The van der Waals surface area contributed by atoms with E-state index in [1.165, 1.54) is 0 Å². The highest BCUT2D eigenvalue weighted by atomic mass is 32.2. The van der Waals surface area contributed by atoms with E-state index in [1.807, 2.05) is 44.2 Å². The number of nitrogens with one attached hydrogen (secondary N) is 1. The number of amides is 2. The molecule has 0 bridgehead atoms. The number of rotatable bonds is 2. The van der Waals surface area contributed by atoms with Gasteiger partial charge in [-0.15, -0.1) is 0 Å². The summed E-state index contributed by atoms with van der Waals surface area (Å²) in [5, 5.41) is 6.62. The molecule has 23 heavy (non-hydrogen) atoms. The SMILES string of the molecule is CC1(C)CN(C(=O)Nc2cc(-c3ccccc3)on2)CCS1=O. The lowest BCUT2D eigenvalue weighted by atomic mass is 10.2. The summed E-state index contributed by atoms with van der Waals surface area (Å²) in [5.74, 6) is 1.47. The molecule has 0 saturated carbocycles. The van der Waals surface area contributed by atoms with E-state index in [0.717, 1.165) is 5.56 Å². The Balaban J connectivity index is 1.67. The molecule has 1 unspecified atom stereocenters. The number of benzene rings is 1. The maximum absolute atomic E-state index is 12.3. The standard InChI is InChI=1S/C16H19N3O3S/c1-16(2)11-19(8-9-23(16)21)15(20)17-14-10-13(22-18-14)12-6-4-3-5-7-12/h3-7,10H,8-9,11H2,1-2H3,(H,17,18,20). The third-order valence-electron chi connectivity index (χ3n) is 3.83. The van der Waals surface area contributed by atoms with E-state index in [9.17, 15) is 9.00 Å². The van der Waals surface area contributed by atoms with E-state index in [0.29, 0.717) is 30.4 Å². The highest BCUT2D eigenvalue weighted by Crippen LogP contribution is 2.23. The van der Waals surface area contributed by atoms with E-state index >= 15 is 0 Å². The minimum atomic E-state index is -0.911. The van der Waals surface area contributed by atoms with Crippen LogP contribution in [0.15, 0.2) is 40.9 Å². The molecule has 1 saturated heterocycles. The monoisotopic (exact) mass is 333 g/mol. The molecular formula is C16H19N3O3S. The summed E-state index contributed by atoms with van der Waals surface area (Å²) in [6, 6.07) is 11.0. The van der Waals surface area contributed by atoms with Gasteiger partial charge in [-0.25, -0.2) is 4.79 Å². The molecule has 0 radical (unpaired) electrons. The van der Waals surface area contributed by atoms with Crippen LogP contribution >= 0.6 is 0 Å². The first-order chi connectivity index (χ1) is 11.0. The van der Waals surface area contributed by atoms with Gasteiger partial charge in [0.15, 0.2) is 11.6 Å². The van der Waals surface area contributed by atoms with Gasteiger partial charge < -0.3 is 9.42 Å². The Bertz CT molecular complexity index is 727. The third kappa shape index (κ3) is 3.44. The topological polar surface area (TPSA) is 75.4 Å². The smallest absolute Gasteiger partial charge is 0.323 e. The molecule has 122 valence electrons. The van der Waals surface area contributed by atoms with Gasteiger partial charge in [-0.3, -0.25) is 9.53 Å². The highest BCUT2D eigenvalue weighted by molar-refractivity contribution is 7.86. The van der Waals surface area contributed by atoms with Crippen LogP contribution in [0.5, 0.6) is 0 Å². The first kappa shape index (κ1) is 15.7. The van der Waals surface area contributed by atoms with Crippen LogP contribution in [0.25, 0.3) is 11.3 Å². The highest BCUT2D eigenvalue weighted by Gasteiger charge is 2.35. The van der Waals surface area contributed by atoms with Gasteiger partial charge in [0.05, 0.1) is 4.75 Å². The summed E-state index contributed by atoms with van der Waals surface area (Å²) >= 11 is 0. The number of hydrogen-bond acceptors (Lipinski definition) is 4. The largest absolute Gasteiger partial charge is 0.354 e. The summed E-state index contributed by atoms with van der Waals surface area (Å²) in [4.78, 5) is 14.0. The van der Waals surface area contributed by atoms with Crippen LogP contribution < -0.4 is 5.32 Å². The van der Waals surface area contributed by atoms with Gasteiger partial charge in [-0.2, -0.15) is 0 Å². The maximum Gasteiger partial charge on any atom is 0.323 e. The fourth-order valence-corrected chi connectivity index (χ4v) is 3.75. The fraction of sp³-hybridized carbons (Fsp3) is 0.375. The Morgan fingerprint density at radius 3 is 2.78 bits per heavy atom. The van der Waals surface area contributed by atoms with Crippen molar-refractivity contribution in [2.75, 3.05) is 24.2 Å². The summed E-state index contributed by atoms with van der Waals surface area (Å²) in [6.07, 6.45) is 0. The minimum Gasteiger partial charge on any atom is -0.354 e. The van der Waals surface area contributed by atoms with Gasteiger partial charge >= 0.3 is 6.03 Å². The normalized spacial score (nSPS) is 20.3. The van der Waals surface area contributed by atoms with Crippen LogP contribution in [0.2, 0.25) is 0 Å². The van der Waals surface area contributed by atoms with E-state index < -0.39 is 15.5 Å². The van der Waals surface area contributed by atoms with Crippen molar-refractivity contribution in [2.24, 2.45) is 0 Å². The zero-order valence-electron chi connectivity index (χ0n) is 13.1. The third-order valence-corrected chi connectivity index (χ3v) is 5.74.